The summed E-state index contributed by atoms with van der Waals surface area (Å²) in [6.45, 7) is 10.1. The van der Waals surface area contributed by atoms with Crippen molar-refractivity contribution in [3.8, 4) is 11.1 Å². The Morgan fingerprint density at radius 3 is 1.50 bits per heavy atom. The van der Waals surface area contributed by atoms with Crippen LogP contribution in [0.3, 0.4) is 0 Å². The van der Waals surface area contributed by atoms with Crippen LogP contribution in [0.5, 0.6) is 0 Å². The lowest BCUT2D eigenvalue weighted by Crippen LogP contribution is -2.36. The van der Waals surface area contributed by atoms with E-state index in [-0.39, 0.29) is 18.1 Å². The Bertz CT molecular complexity index is 1070. The minimum absolute atomic E-state index is 0.0393. The number of hydrogen-bond donors (Lipinski definition) is 0. The lowest BCUT2D eigenvalue weighted by Gasteiger charge is -2.24. The van der Waals surface area contributed by atoms with E-state index in [0.29, 0.717) is 72.6 Å². The third-order valence-corrected chi connectivity index (χ3v) is 6.61. The minimum Gasteiger partial charge on any atom is -0.448 e. The average molecular weight is 587 g/mol. The quantitative estimate of drug-likeness (QED) is 0.244. The van der Waals surface area contributed by atoms with Crippen LogP contribution in [-0.4, -0.2) is 114 Å². The van der Waals surface area contributed by atoms with E-state index < -0.39 is 5.60 Å². The summed E-state index contributed by atoms with van der Waals surface area (Å²) in [6.07, 6.45) is -0.737. The van der Waals surface area contributed by atoms with Crippen LogP contribution in [0.25, 0.3) is 11.1 Å². The SMILES string of the molecule is CN(CCOCCOCCOCCOCCN(C)C(=O)OC(C)(C)C)C(=O)OCC1c2ccccc2-c2ccccc21. The molecule has 0 saturated heterocycles. The van der Waals surface area contributed by atoms with Crippen molar-refractivity contribution in [3.63, 3.8) is 0 Å². The molecule has 10 nitrogen and oxygen atoms in total. The molecule has 1 aliphatic carbocycles. The van der Waals surface area contributed by atoms with Gasteiger partial charge in [-0.1, -0.05) is 48.5 Å². The summed E-state index contributed by atoms with van der Waals surface area (Å²) in [5.74, 6) is 0.0393. The number of likely N-dealkylation sites (N-methyl/N-ethyl adjacent to an activating group) is 2. The average Bonchev–Trinajstić information content (AvgIpc) is 3.28. The number of benzene rings is 2. The Balaban J connectivity index is 1.15. The molecule has 0 aromatic heterocycles. The maximum Gasteiger partial charge on any atom is 0.410 e. The number of fused-ring (bicyclic) bond motifs is 3. The van der Waals surface area contributed by atoms with Gasteiger partial charge in [0, 0.05) is 33.1 Å². The molecule has 232 valence electrons. The van der Waals surface area contributed by atoms with E-state index in [1.807, 2.05) is 45.0 Å². The van der Waals surface area contributed by atoms with Gasteiger partial charge in [-0.2, -0.15) is 0 Å². The molecule has 2 aromatic rings. The van der Waals surface area contributed by atoms with Gasteiger partial charge >= 0.3 is 12.2 Å². The first kappa shape index (κ1) is 33.3. The third-order valence-electron chi connectivity index (χ3n) is 6.61. The molecule has 2 amide bonds. The van der Waals surface area contributed by atoms with E-state index >= 15 is 0 Å². The summed E-state index contributed by atoms with van der Waals surface area (Å²) in [5, 5.41) is 0. The number of hydrogen-bond acceptors (Lipinski definition) is 8. The molecule has 0 radical (unpaired) electrons. The van der Waals surface area contributed by atoms with Gasteiger partial charge in [0.15, 0.2) is 0 Å². The zero-order valence-electron chi connectivity index (χ0n) is 25.6. The molecule has 0 heterocycles. The summed E-state index contributed by atoms with van der Waals surface area (Å²) < 4.78 is 33.0. The zero-order chi connectivity index (χ0) is 30.4. The molecule has 0 aliphatic heterocycles. The van der Waals surface area contributed by atoms with E-state index in [0.717, 1.165) is 0 Å². The van der Waals surface area contributed by atoms with Gasteiger partial charge in [-0.3, -0.25) is 0 Å². The maximum atomic E-state index is 12.6. The van der Waals surface area contributed by atoms with Crippen LogP contribution >= 0.6 is 0 Å². The highest BCUT2D eigenvalue weighted by atomic mass is 16.6. The molecule has 10 heteroatoms. The zero-order valence-corrected chi connectivity index (χ0v) is 25.6. The van der Waals surface area contributed by atoms with E-state index in [1.54, 1.807) is 14.1 Å². The van der Waals surface area contributed by atoms with E-state index in [2.05, 4.69) is 24.3 Å². The third kappa shape index (κ3) is 10.9. The van der Waals surface area contributed by atoms with Crippen molar-refractivity contribution in [1.29, 1.82) is 0 Å². The summed E-state index contributed by atoms with van der Waals surface area (Å²) in [5.41, 5.74) is 4.28. The minimum atomic E-state index is -0.515. The first-order chi connectivity index (χ1) is 20.2. The molecule has 0 N–H and O–H groups in total. The van der Waals surface area contributed by atoms with Gasteiger partial charge in [-0.05, 0) is 43.0 Å². The summed E-state index contributed by atoms with van der Waals surface area (Å²) in [7, 11) is 3.39. The van der Waals surface area contributed by atoms with Gasteiger partial charge in [0.2, 0.25) is 0 Å². The van der Waals surface area contributed by atoms with Gasteiger partial charge in [0.05, 0.1) is 52.9 Å². The van der Waals surface area contributed by atoms with Crippen molar-refractivity contribution in [2.24, 2.45) is 0 Å². The van der Waals surface area contributed by atoms with Gasteiger partial charge < -0.3 is 38.2 Å². The Morgan fingerprint density at radius 2 is 1.05 bits per heavy atom. The van der Waals surface area contributed by atoms with E-state index in [4.69, 9.17) is 28.4 Å². The fourth-order valence-corrected chi connectivity index (χ4v) is 4.39. The number of carbonyl (C=O) groups is 2. The van der Waals surface area contributed by atoms with Crippen LogP contribution in [-0.2, 0) is 28.4 Å². The van der Waals surface area contributed by atoms with Gasteiger partial charge in [0.1, 0.15) is 12.2 Å². The first-order valence-electron chi connectivity index (χ1n) is 14.5. The molecule has 3 rings (SSSR count). The first-order valence-corrected chi connectivity index (χ1v) is 14.5. The second kappa shape index (κ2) is 17.1. The molecule has 0 spiro atoms. The Kier molecular flexibility index (Phi) is 13.5. The van der Waals surface area contributed by atoms with Gasteiger partial charge in [-0.25, -0.2) is 9.59 Å². The monoisotopic (exact) mass is 586 g/mol. The van der Waals surface area contributed by atoms with Crippen molar-refractivity contribution >= 4 is 12.2 Å². The van der Waals surface area contributed by atoms with Crippen LogP contribution in [0.2, 0.25) is 0 Å². The predicted octanol–water partition coefficient (Wildman–Crippen LogP) is 4.80. The molecule has 0 saturated carbocycles. The highest BCUT2D eigenvalue weighted by molar-refractivity contribution is 5.79. The lowest BCUT2D eigenvalue weighted by atomic mass is 9.98. The number of nitrogens with zero attached hydrogens (tertiary/aromatic N) is 2. The summed E-state index contributed by atoms with van der Waals surface area (Å²) >= 11 is 0. The highest BCUT2D eigenvalue weighted by Crippen LogP contribution is 2.44. The van der Waals surface area contributed by atoms with Crippen LogP contribution < -0.4 is 0 Å². The topological polar surface area (TPSA) is 96.0 Å². The molecule has 42 heavy (non-hydrogen) atoms. The molecule has 0 bridgehead atoms. The van der Waals surface area contributed by atoms with Crippen molar-refractivity contribution in [3.05, 3.63) is 59.7 Å². The maximum absolute atomic E-state index is 12.6. The second-order valence-corrected chi connectivity index (χ2v) is 11.1. The van der Waals surface area contributed by atoms with Crippen LogP contribution in [0.1, 0.15) is 37.8 Å². The lowest BCUT2D eigenvalue weighted by molar-refractivity contribution is -0.00693. The number of rotatable bonds is 17. The molecule has 0 unspecified atom stereocenters. The second-order valence-electron chi connectivity index (χ2n) is 11.1. The largest absolute Gasteiger partial charge is 0.448 e. The number of carbonyl (C=O) groups excluding carboxylic acids is 2. The van der Waals surface area contributed by atoms with Crippen molar-refractivity contribution in [2.75, 3.05) is 86.6 Å². The Labute approximate surface area is 249 Å². The molecule has 1 aliphatic rings. The predicted molar refractivity (Wildman–Crippen MR) is 160 cm³/mol. The number of ether oxygens (including phenoxy) is 6. The van der Waals surface area contributed by atoms with Crippen molar-refractivity contribution < 1.29 is 38.0 Å². The molecular weight excluding hydrogens is 540 g/mol. The van der Waals surface area contributed by atoms with Gasteiger partial charge in [-0.15, -0.1) is 0 Å². The van der Waals surface area contributed by atoms with Crippen LogP contribution in [0, 0.1) is 0 Å². The van der Waals surface area contributed by atoms with Crippen LogP contribution in [0.15, 0.2) is 48.5 Å². The smallest absolute Gasteiger partial charge is 0.410 e. The Morgan fingerprint density at radius 1 is 0.643 bits per heavy atom. The van der Waals surface area contributed by atoms with E-state index in [1.165, 1.54) is 32.1 Å². The normalized spacial score (nSPS) is 12.5. The highest BCUT2D eigenvalue weighted by Gasteiger charge is 2.29. The fraction of sp³-hybridized carbons (Fsp3) is 0.562. The summed E-state index contributed by atoms with van der Waals surface area (Å²) in [6, 6.07) is 16.6. The van der Waals surface area contributed by atoms with Crippen molar-refractivity contribution in [1.82, 2.24) is 9.80 Å². The molecule has 2 aromatic carbocycles. The fourth-order valence-electron chi connectivity index (χ4n) is 4.39. The molecule has 0 atom stereocenters. The standard InChI is InChI=1S/C32H46N2O8/c1-32(2,3)42-31(36)34(5)15-17-38-19-21-40-23-22-39-20-18-37-16-14-33(4)30(35)41-24-29-27-12-8-6-10-25(27)26-11-7-9-13-28(26)29/h6-13,29H,14-24H2,1-5H3. The van der Waals surface area contributed by atoms with E-state index in [9.17, 15) is 9.59 Å². The number of amides is 2. The molecule has 0 fully saturated rings. The Hall–Kier alpha value is -3.18. The molecular formula is C32H46N2O8. The van der Waals surface area contributed by atoms with Crippen LogP contribution in [0.4, 0.5) is 9.59 Å². The van der Waals surface area contributed by atoms with Crippen molar-refractivity contribution in [2.45, 2.75) is 32.3 Å². The summed E-state index contributed by atoms with van der Waals surface area (Å²) in [4.78, 5) is 27.4. The van der Waals surface area contributed by atoms with Gasteiger partial charge in [0.25, 0.3) is 0 Å².